The molecule has 2 nitrogen and oxygen atoms in total. The quantitative estimate of drug-likeness (QED) is 0.620. The molecule has 2 radical (unpaired) electrons. The zero-order chi connectivity index (χ0) is 4.28. The van der Waals surface area contributed by atoms with E-state index >= 15 is 0 Å². The van der Waals surface area contributed by atoms with Gasteiger partial charge in [-0.1, -0.05) is 6.92 Å². The Balaban J connectivity index is -0.00000000381. The SMILES string of the molecule is CCC(=O)O.[Ca+2].[Ca+2].[H-].[H-].[H-].[H-].[PbH2]. The van der Waals surface area contributed by atoms with Crippen molar-refractivity contribution in [3.05, 3.63) is 0 Å². The van der Waals surface area contributed by atoms with E-state index in [-0.39, 0.29) is 115 Å². The molecule has 0 amide bonds. The first-order valence-electron chi connectivity index (χ1n) is 1.49. The summed E-state index contributed by atoms with van der Waals surface area (Å²) in [6, 6.07) is 0. The molecule has 0 rings (SSSR count). The van der Waals surface area contributed by atoms with Gasteiger partial charge in [-0.3, -0.25) is 4.79 Å². The van der Waals surface area contributed by atoms with Gasteiger partial charge in [0.2, 0.25) is 0 Å². The van der Waals surface area contributed by atoms with E-state index in [4.69, 9.17) is 5.11 Å². The molecule has 0 aliphatic heterocycles. The zero-order valence-corrected chi connectivity index (χ0v) is 15.1. The van der Waals surface area contributed by atoms with Crippen LogP contribution in [-0.2, 0) is 4.79 Å². The second-order valence-corrected chi connectivity index (χ2v) is 0.747. The summed E-state index contributed by atoms with van der Waals surface area (Å²) >= 11 is 0. The van der Waals surface area contributed by atoms with Crippen molar-refractivity contribution in [2.45, 2.75) is 13.3 Å². The van der Waals surface area contributed by atoms with Crippen molar-refractivity contribution in [2.75, 3.05) is 0 Å². The molecular formula is C3H12Ca2O2Pb. The second kappa shape index (κ2) is 16.5. The molecule has 0 aromatic carbocycles. The van der Waals surface area contributed by atoms with Crippen LogP contribution in [0.5, 0.6) is 0 Å². The summed E-state index contributed by atoms with van der Waals surface area (Å²) in [6.45, 7) is 1.60. The van der Waals surface area contributed by atoms with Crippen molar-refractivity contribution < 1.29 is 15.6 Å². The van der Waals surface area contributed by atoms with Gasteiger partial charge in [0, 0.05) is 6.42 Å². The number of aliphatic carboxylic acids is 1. The fraction of sp³-hybridized carbons (Fsp3) is 0.667. The zero-order valence-electron chi connectivity index (χ0n) is 9.18. The van der Waals surface area contributed by atoms with E-state index in [9.17, 15) is 4.79 Å². The van der Waals surface area contributed by atoms with Crippen LogP contribution < -0.4 is 0 Å². The molecule has 0 aliphatic rings. The Hall–Kier alpha value is 2.91. The van der Waals surface area contributed by atoms with Crippen LogP contribution in [-0.4, -0.2) is 114 Å². The van der Waals surface area contributed by atoms with Gasteiger partial charge >= 0.3 is 109 Å². The number of hydrogen-bond donors (Lipinski definition) is 1. The Kier molecular flexibility index (Phi) is 46.2. The molecule has 0 atom stereocenters. The van der Waals surface area contributed by atoms with Crippen LogP contribution >= 0.6 is 0 Å². The third kappa shape index (κ3) is 23.1. The van der Waals surface area contributed by atoms with E-state index in [0.717, 1.165) is 0 Å². The second-order valence-electron chi connectivity index (χ2n) is 0.747. The molecule has 0 spiro atoms. The molecule has 0 unspecified atom stereocenters. The van der Waals surface area contributed by atoms with Crippen molar-refractivity contribution >= 4 is 109 Å². The van der Waals surface area contributed by atoms with Crippen molar-refractivity contribution in [1.82, 2.24) is 0 Å². The number of carboxylic acids is 1. The van der Waals surface area contributed by atoms with Gasteiger partial charge in [0.15, 0.2) is 0 Å². The summed E-state index contributed by atoms with van der Waals surface area (Å²) in [6.07, 6.45) is 0.222. The van der Waals surface area contributed by atoms with Gasteiger partial charge in [-0.05, 0) is 0 Å². The van der Waals surface area contributed by atoms with Gasteiger partial charge in [0.25, 0.3) is 0 Å². The maximum atomic E-state index is 9.37. The summed E-state index contributed by atoms with van der Waals surface area (Å²) in [5.74, 6) is -0.745. The van der Waals surface area contributed by atoms with Crippen molar-refractivity contribution in [1.29, 1.82) is 0 Å². The summed E-state index contributed by atoms with van der Waals surface area (Å²) in [5, 5.41) is 7.72. The van der Waals surface area contributed by atoms with Crippen LogP contribution in [0.3, 0.4) is 0 Å². The van der Waals surface area contributed by atoms with E-state index in [1.807, 2.05) is 0 Å². The van der Waals surface area contributed by atoms with Crippen LogP contribution in [0.4, 0.5) is 0 Å². The molecule has 5 heteroatoms. The average Bonchev–Trinajstić information content (AvgIpc) is 1.38. The molecule has 8 heavy (non-hydrogen) atoms. The van der Waals surface area contributed by atoms with E-state index < -0.39 is 5.97 Å². The molecular weight excluding hydrogens is 355 g/mol. The number of rotatable bonds is 1. The number of hydrogen-bond acceptors (Lipinski definition) is 1. The Labute approximate surface area is 135 Å². The molecule has 44 valence electrons. The molecule has 0 heterocycles. The Morgan fingerprint density at radius 2 is 1.75 bits per heavy atom. The van der Waals surface area contributed by atoms with Crippen molar-refractivity contribution in [3.63, 3.8) is 0 Å². The Morgan fingerprint density at radius 1 is 1.62 bits per heavy atom. The minimum absolute atomic E-state index is 0. The van der Waals surface area contributed by atoms with Gasteiger partial charge in [-0.15, -0.1) is 0 Å². The third-order valence-corrected chi connectivity index (χ3v) is 0.302. The van der Waals surface area contributed by atoms with Gasteiger partial charge in [-0.25, -0.2) is 0 Å². The monoisotopic (exact) mass is 368 g/mol. The van der Waals surface area contributed by atoms with Gasteiger partial charge in [-0.2, -0.15) is 0 Å². The molecule has 0 aromatic rings. The van der Waals surface area contributed by atoms with Crippen LogP contribution in [0, 0.1) is 0 Å². The van der Waals surface area contributed by atoms with Crippen molar-refractivity contribution in [2.24, 2.45) is 0 Å². The molecule has 0 fully saturated rings. The number of carbonyl (C=O) groups is 1. The Bertz CT molecular complexity index is 61.6. The van der Waals surface area contributed by atoms with Gasteiger partial charge in [0.05, 0.1) is 0 Å². The first kappa shape index (κ1) is 22.4. The molecule has 0 saturated carbocycles. The van der Waals surface area contributed by atoms with Crippen LogP contribution in [0.15, 0.2) is 0 Å². The molecule has 0 bridgehead atoms. The minimum atomic E-state index is -0.745. The molecule has 0 aliphatic carbocycles. The Morgan fingerprint density at radius 3 is 1.75 bits per heavy atom. The number of carboxylic acid groups (broad SMARTS) is 1. The average molecular weight is 367 g/mol. The van der Waals surface area contributed by atoms with Gasteiger partial charge in [0.1, 0.15) is 0 Å². The fourth-order valence-electron chi connectivity index (χ4n) is 0. The standard InChI is InChI=1S/C3H6O2.2Ca.Pb.6H/c1-2-3(4)5;;;;;;;;;/h2H2,1H3,(H,4,5);;;;;;;;;/q;2*+2;;;;4*-1. The fourth-order valence-corrected chi connectivity index (χ4v) is 0. The summed E-state index contributed by atoms with van der Waals surface area (Å²) in [7, 11) is 0. The summed E-state index contributed by atoms with van der Waals surface area (Å²) < 4.78 is 0. The summed E-state index contributed by atoms with van der Waals surface area (Å²) in [4.78, 5) is 9.37. The molecule has 0 aromatic heterocycles. The normalized spacial score (nSPS) is 4.62. The maximum absolute atomic E-state index is 9.37. The van der Waals surface area contributed by atoms with Crippen LogP contribution in [0.1, 0.15) is 19.1 Å². The van der Waals surface area contributed by atoms with Crippen molar-refractivity contribution in [3.8, 4) is 0 Å². The third-order valence-electron chi connectivity index (χ3n) is 0.302. The van der Waals surface area contributed by atoms with Gasteiger partial charge < -0.3 is 10.8 Å². The summed E-state index contributed by atoms with van der Waals surface area (Å²) in [5.41, 5.74) is 0. The topological polar surface area (TPSA) is 37.3 Å². The van der Waals surface area contributed by atoms with Crippen LogP contribution in [0.2, 0.25) is 0 Å². The predicted molar refractivity (Wildman–Crippen MR) is 42.4 cm³/mol. The van der Waals surface area contributed by atoms with E-state index in [1.54, 1.807) is 6.92 Å². The molecule has 0 saturated heterocycles. The van der Waals surface area contributed by atoms with E-state index in [2.05, 4.69) is 0 Å². The first-order valence-corrected chi connectivity index (χ1v) is 1.49. The first-order chi connectivity index (χ1) is 2.27. The van der Waals surface area contributed by atoms with E-state index in [1.165, 1.54) is 0 Å². The predicted octanol–water partition coefficient (Wildman–Crippen LogP) is -0.747. The van der Waals surface area contributed by atoms with E-state index in [0.29, 0.717) is 0 Å². The van der Waals surface area contributed by atoms with Crippen LogP contribution in [0.25, 0.3) is 0 Å². The molecule has 1 N–H and O–H groups in total.